The summed E-state index contributed by atoms with van der Waals surface area (Å²) < 4.78 is 31.2. The van der Waals surface area contributed by atoms with E-state index in [0.717, 1.165) is 18.4 Å². The molecule has 0 aromatic heterocycles. The van der Waals surface area contributed by atoms with Gasteiger partial charge < -0.3 is 30.0 Å². The molecule has 1 spiro atoms. The Kier molecular flexibility index (Phi) is 6.78. The first-order valence-corrected chi connectivity index (χ1v) is 11.0. The quantitative estimate of drug-likeness (QED) is 0.585. The predicted octanol–water partition coefficient (Wildman–Crippen LogP) is 1.88. The van der Waals surface area contributed by atoms with Crippen LogP contribution in [-0.4, -0.2) is 67.1 Å². The fourth-order valence-electron chi connectivity index (χ4n) is 4.91. The second kappa shape index (κ2) is 9.56. The lowest BCUT2D eigenvalue weighted by Gasteiger charge is -2.39. The predicted molar refractivity (Wildman–Crippen MR) is 114 cm³/mol. The van der Waals surface area contributed by atoms with Crippen LogP contribution in [0.4, 0.5) is 4.39 Å². The number of benzene rings is 1. The molecule has 1 aromatic rings. The van der Waals surface area contributed by atoms with Crippen LogP contribution in [0.1, 0.15) is 38.2 Å². The Morgan fingerprint density at radius 3 is 2.97 bits per heavy atom. The highest BCUT2D eigenvalue weighted by atomic mass is 19.1. The number of rotatable bonds is 7. The molecular formula is C23H29FN2O6. The van der Waals surface area contributed by atoms with E-state index in [0.29, 0.717) is 31.6 Å². The van der Waals surface area contributed by atoms with E-state index in [2.05, 4.69) is 17.6 Å². The number of aliphatic carboxylic acids is 1. The van der Waals surface area contributed by atoms with Crippen LogP contribution in [0.15, 0.2) is 24.3 Å². The molecule has 0 bridgehead atoms. The summed E-state index contributed by atoms with van der Waals surface area (Å²) >= 11 is 0. The third kappa shape index (κ3) is 4.95. The molecule has 3 N–H and O–H groups in total. The van der Waals surface area contributed by atoms with E-state index in [4.69, 9.17) is 19.3 Å². The second-order valence-corrected chi connectivity index (χ2v) is 8.78. The van der Waals surface area contributed by atoms with E-state index in [1.165, 1.54) is 6.07 Å². The molecule has 3 aliphatic rings. The average Bonchev–Trinajstić information content (AvgIpc) is 3.05. The molecule has 3 unspecified atom stereocenters. The average molecular weight is 448 g/mol. The van der Waals surface area contributed by atoms with Gasteiger partial charge in [-0.1, -0.05) is 18.2 Å². The normalized spacial score (nSPS) is 30.1. The molecule has 0 saturated carbocycles. The Morgan fingerprint density at radius 2 is 2.25 bits per heavy atom. The largest absolute Gasteiger partial charge is 0.479 e. The first-order valence-electron chi connectivity index (χ1n) is 11.0. The maximum Gasteiger partial charge on any atom is 0.341 e. The molecule has 8 nitrogen and oxygen atoms in total. The van der Waals surface area contributed by atoms with Crippen LogP contribution in [0.3, 0.4) is 0 Å². The van der Waals surface area contributed by atoms with E-state index in [-0.39, 0.29) is 36.5 Å². The Bertz CT molecular complexity index is 906. The zero-order valence-electron chi connectivity index (χ0n) is 18.1. The van der Waals surface area contributed by atoms with E-state index in [1.807, 2.05) is 6.08 Å². The van der Waals surface area contributed by atoms with Crippen LogP contribution in [-0.2, 0) is 19.1 Å². The van der Waals surface area contributed by atoms with Gasteiger partial charge in [0, 0.05) is 11.6 Å². The minimum Gasteiger partial charge on any atom is -0.479 e. The number of ether oxygens (including phenoxy) is 3. The van der Waals surface area contributed by atoms with Crippen LogP contribution >= 0.6 is 0 Å². The van der Waals surface area contributed by atoms with E-state index < -0.39 is 23.9 Å². The van der Waals surface area contributed by atoms with Crippen molar-refractivity contribution in [3.05, 3.63) is 35.7 Å². The Hall–Kier alpha value is -2.49. The molecule has 174 valence electrons. The number of hydrogen-bond acceptors (Lipinski definition) is 6. The Morgan fingerprint density at radius 1 is 1.41 bits per heavy atom. The van der Waals surface area contributed by atoms with Gasteiger partial charge in [-0.3, -0.25) is 4.79 Å². The monoisotopic (exact) mass is 448 g/mol. The Balaban J connectivity index is 1.38. The van der Waals surface area contributed by atoms with Crippen molar-refractivity contribution in [2.75, 3.05) is 26.4 Å². The number of carboxylic acid groups (broad SMARTS) is 1. The lowest BCUT2D eigenvalue weighted by atomic mass is 9.89. The van der Waals surface area contributed by atoms with Crippen molar-refractivity contribution < 1.29 is 33.3 Å². The highest BCUT2D eigenvalue weighted by Gasteiger charge is 2.49. The van der Waals surface area contributed by atoms with Gasteiger partial charge in [0.05, 0.1) is 30.9 Å². The maximum absolute atomic E-state index is 14.2. The van der Waals surface area contributed by atoms with Crippen molar-refractivity contribution in [2.24, 2.45) is 0 Å². The van der Waals surface area contributed by atoms with Crippen LogP contribution in [0.25, 0.3) is 5.57 Å². The Labute approximate surface area is 186 Å². The van der Waals surface area contributed by atoms with Gasteiger partial charge in [0.25, 0.3) is 0 Å². The molecule has 2 saturated heterocycles. The number of allylic oxidation sites excluding steroid dienone is 1. The molecule has 4 atom stereocenters. The van der Waals surface area contributed by atoms with Gasteiger partial charge in [-0.05, 0) is 44.2 Å². The van der Waals surface area contributed by atoms with Gasteiger partial charge in [0.15, 0.2) is 18.2 Å². The zero-order valence-corrected chi connectivity index (χ0v) is 18.1. The highest BCUT2D eigenvalue weighted by molar-refractivity contribution is 5.79. The zero-order chi connectivity index (χ0) is 22.7. The minimum absolute atomic E-state index is 0.00524. The molecule has 2 fully saturated rings. The molecular weight excluding hydrogens is 419 g/mol. The first-order chi connectivity index (χ1) is 15.4. The van der Waals surface area contributed by atoms with Crippen LogP contribution < -0.4 is 15.4 Å². The van der Waals surface area contributed by atoms with E-state index in [1.54, 1.807) is 12.1 Å². The van der Waals surface area contributed by atoms with Crippen LogP contribution in [0, 0.1) is 5.82 Å². The second-order valence-electron chi connectivity index (χ2n) is 8.78. The molecule has 0 radical (unpaired) electrons. The summed E-state index contributed by atoms with van der Waals surface area (Å²) in [6, 6.07) is 4.81. The molecule has 32 heavy (non-hydrogen) atoms. The number of amides is 1. The first kappa shape index (κ1) is 22.7. The molecule has 1 aliphatic carbocycles. The molecule has 9 heteroatoms. The fourth-order valence-corrected chi connectivity index (χ4v) is 4.91. The van der Waals surface area contributed by atoms with Crippen molar-refractivity contribution in [3.8, 4) is 5.75 Å². The summed E-state index contributed by atoms with van der Waals surface area (Å²) in [6.07, 6.45) is 4.87. The van der Waals surface area contributed by atoms with Gasteiger partial charge in [0.2, 0.25) is 5.91 Å². The molecule has 2 aliphatic heterocycles. The highest BCUT2D eigenvalue weighted by Crippen LogP contribution is 2.36. The number of morpholine rings is 1. The number of nitrogens with one attached hydrogen (secondary N) is 2. The third-order valence-electron chi connectivity index (χ3n) is 6.32. The van der Waals surface area contributed by atoms with E-state index >= 15 is 0 Å². The van der Waals surface area contributed by atoms with Crippen molar-refractivity contribution in [1.82, 2.24) is 10.6 Å². The smallest absolute Gasteiger partial charge is 0.341 e. The maximum atomic E-state index is 14.2. The van der Waals surface area contributed by atoms with Gasteiger partial charge in [-0.2, -0.15) is 0 Å². The minimum atomic E-state index is -1.16. The lowest BCUT2D eigenvalue weighted by molar-refractivity contribution is -0.139. The fraction of sp³-hybridized carbons (Fsp3) is 0.565. The number of carbonyl (C=O) groups is 2. The van der Waals surface area contributed by atoms with Crippen LogP contribution in [0.2, 0.25) is 0 Å². The van der Waals surface area contributed by atoms with Gasteiger partial charge in [-0.15, -0.1) is 0 Å². The third-order valence-corrected chi connectivity index (χ3v) is 6.32. The number of hydrogen-bond donors (Lipinski definition) is 3. The van der Waals surface area contributed by atoms with Crippen molar-refractivity contribution in [1.29, 1.82) is 0 Å². The standard InChI is InChI=1S/C23H29FN2O6/c1-14-9-23(13-30-11-20(27)26-23)19(25-14)10-31-16-7-5-15(6-8-16)17-3-2-4-18(24)22(17)32-12-21(28)29/h2-5,14,16,19,25H,6-13H2,1H3,(H,26,27)(H,28,29)/t14-,16?,19?,23?/m1/s1. The lowest BCUT2D eigenvalue weighted by Crippen LogP contribution is -2.64. The number of para-hydroxylation sites is 1. The van der Waals surface area contributed by atoms with Gasteiger partial charge >= 0.3 is 5.97 Å². The van der Waals surface area contributed by atoms with Crippen molar-refractivity contribution in [2.45, 2.75) is 56.3 Å². The molecule has 4 rings (SSSR count). The van der Waals surface area contributed by atoms with E-state index in [9.17, 15) is 14.0 Å². The van der Waals surface area contributed by atoms with Gasteiger partial charge in [-0.25, -0.2) is 9.18 Å². The van der Waals surface area contributed by atoms with Crippen LogP contribution in [0.5, 0.6) is 5.75 Å². The number of carboxylic acids is 1. The topological polar surface area (TPSA) is 106 Å². The summed E-state index contributed by atoms with van der Waals surface area (Å²) in [5.74, 6) is -1.86. The number of carbonyl (C=O) groups excluding carboxylic acids is 1. The number of halogens is 1. The SMILES string of the molecule is C[C@@H]1CC2(COCC(=O)N2)C(COC2CC=C(c3cccc(F)c3OCC(=O)O)CC2)N1. The molecule has 1 amide bonds. The summed E-state index contributed by atoms with van der Waals surface area (Å²) in [4.78, 5) is 22.7. The van der Waals surface area contributed by atoms with Crippen molar-refractivity contribution >= 4 is 17.4 Å². The van der Waals surface area contributed by atoms with Gasteiger partial charge in [0.1, 0.15) is 6.61 Å². The summed E-state index contributed by atoms with van der Waals surface area (Å²) in [5.41, 5.74) is 1.06. The molecule has 2 heterocycles. The summed E-state index contributed by atoms with van der Waals surface area (Å²) in [6.45, 7) is 2.51. The van der Waals surface area contributed by atoms with Crippen molar-refractivity contribution in [3.63, 3.8) is 0 Å². The summed E-state index contributed by atoms with van der Waals surface area (Å²) in [5, 5.41) is 15.5. The summed E-state index contributed by atoms with van der Waals surface area (Å²) in [7, 11) is 0. The molecule has 1 aromatic carbocycles.